The molecule has 1 heterocycles. The summed E-state index contributed by atoms with van der Waals surface area (Å²) in [6, 6.07) is 3.94. The van der Waals surface area contributed by atoms with Crippen LogP contribution in [-0.2, 0) is 0 Å². The predicted octanol–water partition coefficient (Wildman–Crippen LogP) is 2.48. The first-order valence-electron chi connectivity index (χ1n) is 2.57. The molecule has 0 bridgehead atoms. The van der Waals surface area contributed by atoms with Crippen LogP contribution in [-0.4, -0.2) is 4.98 Å². The van der Waals surface area contributed by atoms with Crippen molar-refractivity contribution < 1.29 is 0 Å². The molecule has 0 amide bonds. The van der Waals surface area contributed by atoms with E-state index < -0.39 is 0 Å². The minimum absolute atomic E-state index is 0.900. The Morgan fingerprint density at radius 3 is 2.50 bits per heavy atom. The summed E-state index contributed by atoms with van der Waals surface area (Å²) in [4.78, 5) is 11.5. The molecule has 0 aliphatic rings. The molecule has 0 saturated heterocycles. The van der Waals surface area contributed by atoms with Gasteiger partial charge in [-0.25, -0.2) is 4.98 Å². The average molecular weight is 203 g/mol. The maximum atomic E-state index is 7.50. The quantitative estimate of drug-likeness (QED) is 0.520. The van der Waals surface area contributed by atoms with Gasteiger partial charge in [0.1, 0.15) is 4.60 Å². The van der Waals surface area contributed by atoms with Crippen LogP contribution in [0.5, 0.6) is 0 Å². The molecular formula is C6H7BrN2O. The molecule has 4 heteroatoms. The van der Waals surface area contributed by atoms with Crippen molar-refractivity contribution in [3.05, 3.63) is 33.4 Å². The van der Waals surface area contributed by atoms with Crippen molar-refractivity contribution >= 4 is 15.9 Å². The van der Waals surface area contributed by atoms with Gasteiger partial charge in [-0.15, -0.1) is 0 Å². The summed E-state index contributed by atoms with van der Waals surface area (Å²) in [6.45, 7) is 2.03. The SMILES string of the molecule is Cc1ccnc(Br)c1.N=O. The zero-order valence-corrected chi connectivity index (χ0v) is 7.05. The monoisotopic (exact) mass is 202 g/mol. The molecule has 0 aromatic carbocycles. The summed E-state index contributed by atoms with van der Waals surface area (Å²) in [5.41, 5.74) is 5.73. The summed E-state index contributed by atoms with van der Waals surface area (Å²) in [5.74, 6) is 0. The molecule has 0 aliphatic carbocycles. The summed E-state index contributed by atoms with van der Waals surface area (Å²) in [7, 11) is 0. The molecular weight excluding hydrogens is 196 g/mol. The van der Waals surface area contributed by atoms with Crippen LogP contribution in [0.2, 0.25) is 0 Å². The lowest BCUT2D eigenvalue weighted by molar-refractivity contribution is 1.24. The Kier molecular flexibility index (Phi) is 4.66. The molecule has 0 saturated carbocycles. The van der Waals surface area contributed by atoms with E-state index in [1.165, 1.54) is 5.56 Å². The van der Waals surface area contributed by atoms with Crippen LogP contribution >= 0.6 is 15.9 Å². The maximum Gasteiger partial charge on any atom is 0.106 e. The molecule has 0 atom stereocenters. The molecule has 1 N–H and O–H groups in total. The van der Waals surface area contributed by atoms with Crippen molar-refractivity contribution in [2.75, 3.05) is 0 Å². The maximum absolute atomic E-state index is 7.50. The largest absolute Gasteiger partial charge is 0.249 e. The van der Waals surface area contributed by atoms with Crippen LogP contribution < -0.4 is 0 Å². The highest BCUT2D eigenvalue weighted by Crippen LogP contribution is 2.05. The summed E-state index contributed by atoms with van der Waals surface area (Å²) < 4.78 is 0.900. The van der Waals surface area contributed by atoms with E-state index in [1.807, 2.05) is 19.1 Å². The van der Waals surface area contributed by atoms with Crippen LogP contribution in [0.3, 0.4) is 0 Å². The number of nitrogens with zero attached hydrogens (tertiary/aromatic N) is 1. The third-order valence-corrected chi connectivity index (χ3v) is 1.32. The summed E-state index contributed by atoms with van der Waals surface area (Å²) in [5, 5.41) is 0. The van der Waals surface area contributed by atoms with Gasteiger partial charge in [-0.1, -0.05) is 5.59 Å². The zero-order chi connectivity index (χ0) is 7.98. The first-order valence-corrected chi connectivity index (χ1v) is 3.37. The molecule has 3 nitrogen and oxygen atoms in total. The number of rotatable bonds is 0. The van der Waals surface area contributed by atoms with Gasteiger partial charge in [0, 0.05) is 6.20 Å². The lowest BCUT2D eigenvalue weighted by Gasteiger charge is -1.88. The first-order chi connectivity index (χ1) is 4.79. The highest BCUT2D eigenvalue weighted by molar-refractivity contribution is 9.10. The fourth-order valence-corrected chi connectivity index (χ4v) is 0.979. The Morgan fingerprint density at radius 1 is 1.60 bits per heavy atom. The van der Waals surface area contributed by atoms with Crippen LogP contribution in [0.25, 0.3) is 0 Å². The van der Waals surface area contributed by atoms with Crippen LogP contribution in [0.15, 0.2) is 22.9 Å². The van der Waals surface area contributed by atoms with Crippen LogP contribution in [0.1, 0.15) is 5.56 Å². The number of hydrogen-bond acceptors (Lipinski definition) is 3. The molecule has 1 rings (SSSR count). The fourth-order valence-electron chi connectivity index (χ4n) is 0.499. The van der Waals surface area contributed by atoms with Gasteiger partial charge >= 0.3 is 0 Å². The summed E-state index contributed by atoms with van der Waals surface area (Å²) in [6.07, 6.45) is 1.78. The number of aryl methyl sites for hydroxylation is 1. The van der Waals surface area contributed by atoms with Crippen molar-refractivity contribution in [2.45, 2.75) is 6.92 Å². The van der Waals surface area contributed by atoms with Crippen LogP contribution in [0.4, 0.5) is 0 Å². The van der Waals surface area contributed by atoms with E-state index >= 15 is 0 Å². The number of nitroso groups, excluding NO2 is 1. The topological polar surface area (TPSA) is 53.8 Å². The third kappa shape index (κ3) is 3.29. The highest BCUT2D eigenvalue weighted by atomic mass is 79.9. The third-order valence-electron chi connectivity index (χ3n) is 0.882. The van der Waals surface area contributed by atoms with Gasteiger partial charge in [0.2, 0.25) is 0 Å². The standard InChI is InChI=1S/C6H6BrN.HNO/c1-5-2-3-8-6(7)4-5;1-2/h2-4H,1H3;1H. The lowest BCUT2D eigenvalue weighted by Crippen LogP contribution is -1.73. The molecule has 1 aromatic rings. The Balaban J connectivity index is 0.000000371. The normalized spacial score (nSPS) is 7.80. The molecule has 10 heavy (non-hydrogen) atoms. The number of aromatic nitrogens is 1. The zero-order valence-electron chi connectivity index (χ0n) is 5.47. The van der Waals surface area contributed by atoms with Crippen LogP contribution in [0, 0.1) is 17.4 Å². The van der Waals surface area contributed by atoms with Gasteiger partial charge in [-0.3, -0.25) is 0 Å². The van der Waals surface area contributed by atoms with Crippen molar-refractivity contribution in [2.24, 2.45) is 0 Å². The van der Waals surface area contributed by atoms with Crippen molar-refractivity contribution in [1.29, 1.82) is 5.59 Å². The Bertz CT molecular complexity index is 187. The average Bonchev–Trinajstić information content (AvgIpc) is 1.91. The van der Waals surface area contributed by atoms with E-state index in [4.69, 9.17) is 4.91 Å². The second-order valence-electron chi connectivity index (χ2n) is 1.66. The van der Waals surface area contributed by atoms with Gasteiger partial charge in [-0.05, 0) is 40.5 Å². The van der Waals surface area contributed by atoms with E-state index in [9.17, 15) is 0 Å². The molecule has 0 unspecified atom stereocenters. The molecule has 54 valence electrons. The van der Waals surface area contributed by atoms with Crippen molar-refractivity contribution in [1.82, 2.24) is 4.98 Å². The lowest BCUT2D eigenvalue weighted by atomic mass is 10.3. The van der Waals surface area contributed by atoms with Crippen molar-refractivity contribution in [3.8, 4) is 0 Å². The summed E-state index contributed by atoms with van der Waals surface area (Å²) >= 11 is 3.25. The molecule has 0 fully saturated rings. The van der Waals surface area contributed by atoms with E-state index in [0.29, 0.717) is 0 Å². The smallest absolute Gasteiger partial charge is 0.106 e. The van der Waals surface area contributed by atoms with Gasteiger partial charge < -0.3 is 0 Å². The van der Waals surface area contributed by atoms with Gasteiger partial charge in [0.15, 0.2) is 0 Å². The second kappa shape index (κ2) is 5.05. The predicted molar refractivity (Wildman–Crippen MR) is 42.8 cm³/mol. The Morgan fingerprint density at radius 2 is 2.20 bits per heavy atom. The highest BCUT2D eigenvalue weighted by Gasteiger charge is 1.83. The first kappa shape index (κ1) is 9.23. The fraction of sp³-hybridized carbons (Fsp3) is 0.167. The van der Waals surface area contributed by atoms with Gasteiger partial charge in [0.05, 0.1) is 0 Å². The minimum atomic E-state index is 0.900. The Hall–Kier alpha value is -0.770. The second-order valence-corrected chi connectivity index (χ2v) is 2.47. The van der Waals surface area contributed by atoms with Crippen molar-refractivity contribution in [3.63, 3.8) is 0 Å². The van der Waals surface area contributed by atoms with E-state index in [0.717, 1.165) is 4.60 Å². The van der Waals surface area contributed by atoms with Gasteiger partial charge in [0.25, 0.3) is 0 Å². The minimum Gasteiger partial charge on any atom is -0.249 e. The molecule has 1 aromatic heterocycles. The van der Waals surface area contributed by atoms with E-state index in [-0.39, 0.29) is 0 Å². The van der Waals surface area contributed by atoms with E-state index in [1.54, 1.807) is 6.20 Å². The molecule has 0 radical (unpaired) electrons. The number of hydrogen-bond donors (Lipinski definition) is 1. The molecule has 0 spiro atoms. The van der Waals surface area contributed by atoms with Gasteiger partial charge in [-0.2, -0.15) is 4.91 Å². The number of halogens is 1. The van der Waals surface area contributed by atoms with E-state index in [2.05, 4.69) is 26.5 Å². The number of pyridine rings is 1. The number of nitrogens with one attached hydrogen (secondary N) is 1. The Labute approximate surface area is 67.4 Å². The molecule has 0 aliphatic heterocycles.